The molecule has 3 aromatic rings. The second-order valence-corrected chi connectivity index (χ2v) is 4.35. The largest absolute Gasteiger partial charge is 0.372 e. The molecule has 0 aliphatic rings. The van der Waals surface area contributed by atoms with Crippen LogP contribution in [-0.4, -0.2) is 21.1 Å². The number of pyridine rings is 1. The van der Waals surface area contributed by atoms with Crippen molar-refractivity contribution in [1.82, 2.24) is 14.6 Å². The predicted molar refractivity (Wildman–Crippen MR) is 77.2 cm³/mol. The van der Waals surface area contributed by atoms with Crippen LogP contribution < -0.4 is 5.32 Å². The maximum absolute atomic E-state index is 8.89. The van der Waals surface area contributed by atoms with E-state index in [0.717, 1.165) is 22.6 Å². The van der Waals surface area contributed by atoms with Crippen LogP contribution in [0.3, 0.4) is 0 Å². The third-order valence-corrected chi connectivity index (χ3v) is 3.02. The first-order valence-electron chi connectivity index (χ1n) is 6.27. The minimum atomic E-state index is 0.238. The Labute approximate surface area is 120 Å². The van der Waals surface area contributed by atoms with Crippen LogP contribution in [0.1, 0.15) is 5.56 Å². The number of hydrogen-bond acceptors (Lipinski definition) is 5. The van der Waals surface area contributed by atoms with E-state index in [1.165, 1.54) is 6.20 Å². The summed E-state index contributed by atoms with van der Waals surface area (Å²) in [6.07, 6.45) is 3.20. The normalized spacial score (nSPS) is 10.0. The van der Waals surface area contributed by atoms with Gasteiger partial charge in [-0.2, -0.15) is 15.6 Å². The standard InChI is InChI=1S/C15H10N6/c16-4-6-18-12-3-5-19-14(8-12)15-2-1-13-7-11(9-17)10-20-21(13)15/h1-3,5,7-8,10H,6H2,(H,18,19). The van der Waals surface area contributed by atoms with Crippen LogP contribution in [0.5, 0.6) is 0 Å². The van der Waals surface area contributed by atoms with Crippen molar-refractivity contribution in [2.45, 2.75) is 0 Å². The van der Waals surface area contributed by atoms with E-state index >= 15 is 0 Å². The average Bonchev–Trinajstić information content (AvgIpc) is 2.96. The van der Waals surface area contributed by atoms with Crippen molar-refractivity contribution in [2.75, 3.05) is 11.9 Å². The van der Waals surface area contributed by atoms with Gasteiger partial charge in [-0.05, 0) is 30.3 Å². The number of hydrogen-bond donors (Lipinski definition) is 1. The SMILES string of the molecule is N#CCNc1ccnc(-c2ccc3cc(C#N)cnn23)c1. The molecule has 0 aromatic carbocycles. The van der Waals surface area contributed by atoms with Gasteiger partial charge in [0.15, 0.2) is 0 Å². The molecule has 0 aliphatic carbocycles. The molecular formula is C15H10N6. The Morgan fingerprint density at radius 1 is 1.19 bits per heavy atom. The molecule has 1 N–H and O–H groups in total. The summed E-state index contributed by atoms with van der Waals surface area (Å²) in [5.74, 6) is 0. The highest BCUT2D eigenvalue weighted by molar-refractivity contribution is 5.67. The minimum absolute atomic E-state index is 0.238. The molecule has 0 fully saturated rings. The zero-order valence-electron chi connectivity index (χ0n) is 11.0. The summed E-state index contributed by atoms with van der Waals surface area (Å²) >= 11 is 0. The van der Waals surface area contributed by atoms with Crippen molar-refractivity contribution in [1.29, 1.82) is 10.5 Å². The Morgan fingerprint density at radius 3 is 2.90 bits per heavy atom. The molecule has 100 valence electrons. The molecule has 0 aliphatic heterocycles. The molecule has 0 radical (unpaired) electrons. The Bertz CT molecular complexity index is 881. The summed E-state index contributed by atoms with van der Waals surface area (Å²) in [6.45, 7) is 0.238. The molecule has 0 atom stereocenters. The fourth-order valence-corrected chi connectivity index (χ4v) is 2.08. The van der Waals surface area contributed by atoms with Crippen LogP contribution >= 0.6 is 0 Å². The molecule has 6 heteroatoms. The predicted octanol–water partition coefficient (Wildman–Crippen LogP) is 2.20. The molecule has 21 heavy (non-hydrogen) atoms. The van der Waals surface area contributed by atoms with Crippen molar-refractivity contribution in [2.24, 2.45) is 0 Å². The highest BCUT2D eigenvalue weighted by atomic mass is 15.2. The van der Waals surface area contributed by atoms with E-state index in [4.69, 9.17) is 10.5 Å². The Hall–Kier alpha value is -3.38. The summed E-state index contributed by atoms with van der Waals surface area (Å²) < 4.78 is 1.73. The van der Waals surface area contributed by atoms with E-state index < -0.39 is 0 Å². The number of anilines is 1. The Kier molecular flexibility index (Phi) is 3.20. The van der Waals surface area contributed by atoms with Gasteiger partial charge in [-0.25, -0.2) is 4.52 Å². The van der Waals surface area contributed by atoms with Gasteiger partial charge in [-0.15, -0.1) is 0 Å². The molecule has 0 bridgehead atoms. The number of fused-ring (bicyclic) bond motifs is 1. The number of nitrogens with zero attached hydrogens (tertiary/aromatic N) is 5. The molecule has 0 unspecified atom stereocenters. The minimum Gasteiger partial charge on any atom is -0.372 e. The van der Waals surface area contributed by atoms with Gasteiger partial charge in [0.1, 0.15) is 12.6 Å². The molecule has 3 heterocycles. The molecule has 3 rings (SSSR count). The first kappa shape index (κ1) is 12.6. The van der Waals surface area contributed by atoms with Crippen molar-refractivity contribution in [3.8, 4) is 23.5 Å². The highest BCUT2D eigenvalue weighted by Gasteiger charge is 2.08. The van der Waals surface area contributed by atoms with Crippen LogP contribution in [0.25, 0.3) is 16.9 Å². The number of aromatic nitrogens is 3. The summed E-state index contributed by atoms with van der Waals surface area (Å²) in [7, 11) is 0. The van der Waals surface area contributed by atoms with E-state index in [2.05, 4.69) is 21.5 Å². The van der Waals surface area contributed by atoms with Crippen LogP contribution in [0.15, 0.2) is 42.7 Å². The topological polar surface area (TPSA) is 89.8 Å². The fourth-order valence-electron chi connectivity index (χ4n) is 2.08. The number of rotatable bonds is 3. The van der Waals surface area contributed by atoms with Crippen molar-refractivity contribution in [3.63, 3.8) is 0 Å². The lowest BCUT2D eigenvalue weighted by Crippen LogP contribution is -2.00. The van der Waals surface area contributed by atoms with Crippen molar-refractivity contribution in [3.05, 3.63) is 48.3 Å². The smallest absolute Gasteiger partial charge is 0.103 e. The van der Waals surface area contributed by atoms with Gasteiger partial charge in [0.25, 0.3) is 0 Å². The summed E-state index contributed by atoms with van der Waals surface area (Å²) in [5.41, 5.74) is 3.75. The third-order valence-electron chi connectivity index (χ3n) is 3.02. The van der Waals surface area contributed by atoms with Crippen LogP contribution in [0, 0.1) is 22.7 Å². The molecule has 0 saturated carbocycles. The van der Waals surface area contributed by atoms with Crippen molar-refractivity contribution >= 4 is 11.2 Å². The van der Waals surface area contributed by atoms with E-state index in [-0.39, 0.29) is 6.54 Å². The van der Waals surface area contributed by atoms with Gasteiger partial charge < -0.3 is 5.32 Å². The second kappa shape index (κ2) is 5.32. The average molecular weight is 274 g/mol. The van der Waals surface area contributed by atoms with Gasteiger partial charge in [-0.1, -0.05) is 0 Å². The number of nitriles is 2. The quantitative estimate of drug-likeness (QED) is 0.739. The zero-order valence-corrected chi connectivity index (χ0v) is 11.0. The van der Waals surface area contributed by atoms with Crippen LogP contribution in [0.4, 0.5) is 5.69 Å². The monoisotopic (exact) mass is 274 g/mol. The van der Waals surface area contributed by atoms with E-state index in [1.54, 1.807) is 22.8 Å². The van der Waals surface area contributed by atoms with Gasteiger partial charge in [0.05, 0.1) is 34.7 Å². The summed E-state index contributed by atoms with van der Waals surface area (Å²) in [6, 6.07) is 13.3. The zero-order chi connectivity index (χ0) is 14.7. The third kappa shape index (κ3) is 2.38. The summed E-state index contributed by atoms with van der Waals surface area (Å²) in [5, 5.41) is 24.7. The van der Waals surface area contributed by atoms with Gasteiger partial charge in [-0.3, -0.25) is 4.98 Å². The lowest BCUT2D eigenvalue weighted by molar-refractivity contribution is 0.939. The summed E-state index contributed by atoms with van der Waals surface area (Å²) in [4.78, 5) is 4.33. The maximum atomic E-state index is 8.89. The van der Waals surface area contributed by atoms with Crippen LogP contribution in [-0.2, 0) is 0 Å². The second-order valence-electron chi connectivity index (χ2n) is 4.35. The molecular weight excluding hydrogens is 264 g/mol. The first-order chi connectivity index (χ1) is 10.3. The maximum Gasteiger partial charge on any atom is 0.103 e. The van der Waals surface area contributed by atoms with E-state index in [1.807, 2.05) is 24.3 Å². The molecule has 3 aromatic heterocycles. The van der Waals surface area contributed by atoms with E-state index in [0.29, 0.717) is 5.56 Å². The van der Waals surface area contributed by atoms with Crippen LogP contribution in [0.2, 0.25) is 0 Å². The van der Waals surface area contributed by atoms with Gasteiger partial charge in [0.2, 0.25) is 0 Å². The molecule has 0 spiro atoms. The first-order valence-corrected chi connectivity index (χ1v) is 6.27. The fraction of sp³-hybridized carbons (Fsp3) is 0.0667. The Balaban J connectivity index is 2.05. The molecule has 6 nitrogen and oxygen atoms in total. The van der Waals surface area contributed by atoms with Gasteiger partial charge >= 0.3 is 0 Å². The lowest BCUT2D eigenvalue weighted by Gasteiger charge is -2.05. The van der Waals surface area contributed by atoms with E-state index in [9.17, 15) is 0 Å². The number of nitrogens with one attached hydrogen (secondary N) is 1. The van der Waals surface area contributed by atoms with Gasteiger partial charge in [0, 0.05) is 11.9 Å². The lowest BCUT2D eigenvalue weighted by atomic mass is 10.2. The molecule has 0 saturated heterocycles. The highest BCUT2D eigenvalue weighted by Crippen LogP contribution is 2.22. The Morgan fingerprint density at radius 2 is 2.10 bits per heavy atom. The molecule has 0 amide bonds. The van der Waals surface area contributed by atoms with Crippen molar-refractivity contribution < 1.29 is 0 Å².